The average molecular weight is 282 g/mol. The van der Waals surface area contributed by atoms with E-state index >= 15 is 0 Å². The van der Waals surface area contributed by atoms with Gasteiger partial charge in [0, 0.05) is 12.1 Å². The van der Waals surface area contributed by atoms with Crippen molar-refractivity contribution in [2.24, 2.45) is 5.73 Å². The zero-order valence-electron chi connectivity index (χ0n) is 11.3. The lowest BCUT2D eigenvalue weighted by Crippen LogP contribution is -2.46. The van der Waals surface area contributed by atoms with E-state index in [1.54, 1.807) is 18.2 Å². The van der Waals surface area contributed by atoms with Gasteiger partial charge >= 0.3 is 0 Å². The summed E-state index contributed by atoms with van der Waals surface area (Å²) in [6.07, 6.45) is 4.97. The van der Waals surface area contributed by atoms with Gasteiger partial charge in [0.25, 0.3) is 0 Å². The summed E-state index contributed by atoms with van der Waals surface area (Å²) in [6, 6.07) is 6.73. The number of benzene rings is 1. The number of nitrogens with two attached hydrogens (primary N) is 1. The Balaban J connectivity index is 2.16. The van der Waals surface area contributed by atoms with Crippen LogP contribution >= 0.6 is 0 Å². The molecule has 0 amide bonds. The van der Waals surface area contributed by atoms with E-state index in [0.29, 0.717) is 4.90 Å². The Hall–Kier alpha value is -0.910. The van der Waals surface area contributed by atoms with Gasteiger partial charge in [-0.25, -0.2) is 13.1 Å². The van der Waals surface area contributed by atoms with Crippen LogP contribution in [0.1, 0.15) is 37.7 Å². The SMILES string of the molecule is Cc1cccc(S(=O)(=O)NC2CCCCCC2N)c1. The lowest BCUT2D eigenvalue weighted by Gasteiger charge is -2.22. The molecule has 1 aromatic carbocycles. The molecule has 1 aliphatic carbocycles. The molecule has 0 saturated heterocycles. The maximum Gasteiger partial charge on any atom is 0.240 e. The van der Waals surface area contributed by atoms with E-state index in [4.69, 9.17) is 5.73 Å². The van der Waals surface area contributed by atoms with Gasteiger partial charge in [-0.1, -0.05) is 31.4 Å². The van der Waals surface area contributed by atoms with Crippen molar-refractivity contribution < 1.29 is 8.42 Å². The van der Waals surface area contributed by atoms with Crippen molar-refractivity contribution in [3.8, 4) is 0 Å². The Morgan fingerprint density at radius 1 is 1.21 bits per heavy atom. The first-order valence-electron chi connectivity index (χ1n) is 6.83. The van der Waals surface area contributed by atoms with Crippen LogP contribution in [0.4, 0.5) is 0 Å². The summed E-state index contributed by atoms with van der Waals surface area (Å²) in [5.41, 5.74) is 7.01. The molecule has 2 unspecified atom stereocenters. The number of hydrogen-bond acceptors (Lipinski definition) is 3. The maximum atomic E-state index is 12.3. The molecule has 106 valence electrons. The molecule has 5 heteroatoms. The highest BCUT2D eigenvalue weighted by atomic mass is 32.2. The zero-order chi connectivity index (χ0) is 13.9. The molecule has 19 heavy (non-hydrogen) atoms. The Morgan fingerprint density at radius 2 is 1.95 bits per heavy atom. The first-order valence-corrected chi connectivity index (χ1v) is 8.32. The van der Waals surface area contributed by atoms with E-state index in [9.17, 15) is 8.42 Å². The van der Waals surface area contributed by atoms with E-state index < -0.39 is 10.0 Å². The molecule has 1 fully saturated rings. The third-order valence-electron chi connectivity index (χ3n) is 3.68. The number of hydrogen-bond donors (Lipinski definition) is 2. The van der Waals surface area contributed by atoms with Gasteiger partial charge in [0.05, 0.1) is 4.90 Å². The van der Waals surface area contributed by atoms with Crippen molar-refractivity contribution in [1.82, 2.24) is 4.72 Å². The van der Waals surface area contributed by atoms with Crippen LogP contribution in [-0.4, -0.2) is 20.5 Å². The summed E-state index contributed by atoms with van der Waals surface area (Å²) in [5, 5.41) is 0. The number of aryl methyl sites for hydroxylation is 1. The van der Waals surface area contributed by atoms with E-state index in [2.05, 4.69) is 4.72 Å². The Labute approximate surface area is 115 Å². The lowest BCUT2D eigenvalue weighted by atomic mass is 10.1. The molecule has 1 aromatic rings. The molecule has 0 spiro atoms. The summed E-state index contributed by atoms with van der Waals surface area (Å²) in [7, 11) is -3.46. The first kappa shape index (κ1) is 14.5. The molecule has 1 aliphatic rings. The largest absolute Gasteiger partial charge is 0.326 e. The van der Waals surface area contributed by atoms with Gasteiger partial charge < -0.3 is 5.73 Å². The van der Waals surface area contributed by atoms with Gasteiger partial charge in [-0.05, 0) is 37.5 Å². The first-order chi connectivity index (χ1) is 8.99. The Bertz CT molecular complexity index is 528. The quantitative estimate of drug-likeness (QED) is 0.832. The fourth-order valence-corrected chi connectivity index (χ4v) is 3.96. The van der Waals surface area contributed by atoms with Crippen LogP contribution in [-0.2, 0) is 10.0 Å². The molecule has 4 nitrogen and oxygen atoms in total. The number of sulfonamides is 1. The second-order valence-electron chi connectivity index (χ2n) is 5.35. The van der Waals surface area contributed by atoms with Gasteiger partial charge in [-0.3, -0.25) is 0 Å². The van der Waals surface area contributed by atoms with E-state index in [1.165, 1.54) is 0 Å². The smallest absolute Gasteiger partial charge is 0.240 e. The maximum absolute atomic E-state index is 12.3. The minimum atomic E-state index is -3.46. The molecule has 0 bridgehead atoms. The van der Waals surface area contributed by atoms with Gasteiger partial charge in [0.1, 0.15) is 0 Å². The third kappa shape index (κ3) is 3.78. The molecule has 2 rings (SSSR count). The topological polar surface area (TPSA) is 72.2 Å². The zero-order valence-corrected chi connectivity index (χ0v) is 12.1. The highest BCUT2D eigenvalue weighted by Crippen LogP contribution is 2.19. The molecule has 2 atom stereocenters. The van der Waals surface area contributed by atoms with Crippen molar-refractivity contribution in [2.75, 3.05) is 0 Å². The summed E-state index contributed by atoms with van der Waals surface area (Å²) in [4.78, 5) is 0.323. The molecule has 0 heterocycles. The van der Waals surface area contributed by atoms with Gasteiger partial charge in [-0.15, -0.1) is 0 Å². The fourth-order valence-electron chi connectivity index (χ4n) is 2.53. The van der Waals surface area contributed by atoms with Crippen molar-refractivity contribution in [3.05, 3.63) is 29.8 Å². The molecule has 0 aliphatic heterocycles. The van der Waals surface area contributed by atoms with Crippen LogP contribution in [0.3, 0.4) is 0 Å². The van der Waals surface area contributed by atoms with Crippen LogP contribution in [0.15, 0.2) is 29.2 Å². The lowest BCUT2D eigenvalue weighted by molar-refractivity contribution is 0.456. The summed E-state index contributed by atoms with van der Waals surface area (Å²) in [5.74, 6) is 0. The normalized spacial score (nSPS) is 24.9. The van der Waals surface area contributed by atoms with Gasteiger partial charge in [0.2, 0.25) is 10.0 Å². The van der Waals surface area contributed by atoms with Crippen molar-refractivity contribution in [1.29, 1.82) is 0 Å². The Kier molecular flexibility index (Phi) is 4.60. The van der Waals surface area contributed by atoms with Crippen molar-refractivity contribution in [3.63, 3.8) is 0 Å². The molecular formula is C14H22N2O2S. The molecule has 0 aromatic heterocycles. The number of rotatable bonds is 3. The predicted molar refractivity (Wildman–Crippen MR) is 76.3 cm³/mol. The van der Waals surface area contributed by atoms with E-state index in [-0.39, 0.29) is 12.1 Å². The van der Waals surface area contributed by atoms with Gasteiger partial charge in [-0.2, -0.15) is 0 Å². The predicted octanol–water partition coefficient (Wildman–Crippen LogP) is 1.93. The van der Waals surface area contributed by atoms with Gasteiger partial charge in [0.15, 0.2) is 0 Å². The molecular weight excluding hydrogens is 260 g/mol. The average Bonchev–Trinajstić information content (AvgIpc) is 2.55. The van der Waals surface area contributed by atoms with E-state index in [0.717, 1.165) is 37.7 Å². The summed E-state index contributed by atoms with van der Waals surface area (Å²) >= 11 is 0. The van der Waals surface area contributed by atoms with Crippen molar-refractivity contribution >= 4 is 10.0 Å². The van der Waals surface area contributed by atoms with Crippen molar-refractivity contribution in [2.45, 2.75) is 56.0 Å². The second-order valence-corrected chi connectivity index (χ2v) is 7.06. The highest BCUT2D eigenvalue weighted by Gasteiger charge is 2.26. The summed E-state index contributed by atoms with van der Waals surface area (Å²) < 4.78 is 27.5. The number of nitrogens with one attached hydrogen (secondary N) is 1. The monoisotopic (exact) mass is 282 g/mol. The van der Waals surface area contributed by atoms with Crippen LogP contribution in [0, 0.1) is 6.92 Å². The fraction of sp³-hybridized carbons (Fsp3) is 0.571. The highest BCUT2D eigenvalue weighted by molar-refractivity contribution is 7.89. The van der Waals surface area contributed by atoms with Crippen LogP contribution in [0.25, 0.3) is 0 Å². The Morgan fingerprint density at radius 3 is 2.68 bits per heavy atom. The van der Waals surface area contributed by atoms with Crippen LogP contribution < -0.4 is 10.5 Å². The second kappa shape index (κ2) is 6.03. The minimum absolute atomic E-state index is 0.0814. The summed E-state index contributed by atoms with van der Waals surface area (Å²) in [6.45, 7) is 1.89. The molecule has 0 radical (unpaired) electrons. The minimum Gasteiger partial charge on any atom is -0.326 e. The third-order valence-corrected chi connectivity index (χ3v) is 5.16. The molecule has 1 saturated carbocycles. The molecule has 3 N–H and O–H groups in total. The standard InChI is InChI=1S/C14H22N2O2S/c1-11-6-5-7-12(10-11)19(17,18)16-14-9-4-2-3-8-13(14)15/h5-7,10,13-14,16H,2-4,8-9,15H2,1H3. The van der Waals surface area contributed by atoms with Crippen LogP contribution in [0.2, 0.25) is 0 Å². The van der Waals surface area contributed by atoms with Crippen LogP contribution in [0.5, 0.6) is 0 Å². The van der Waals surface area contributed by atoms with E-state index in [1.807, 2.05) is 13.0 Å².